The summed E-state index contributed by atoms with van der Waals surface area (Å²) in [7, 11) is 0. The molecule has 0 aliphatic rings. The first-order valence-electron chi connectivity index (χ1n) is 5.51. The van der Waals surface area contributed by atoms with Crippen LogP contribution >= 0.6 is 0 Å². The molecule has 0 aromatic heterocycles. The van der Waals surface area contributed by atoms with Crippen LogP contribution < -0.4 is 5.73 Å². The lowest BCUT2D eigenvalue weighted by Gasteiger charge is -2.05. The van der Waals surface area contributed by atoms with Crippen molar-refractivity contribution in [3.8, 4) is 12.3 Å². The summed E-state index contributed by atoms with van der Waals surface area (Å²) in [4.78, 5) is 21.6. The van der Waals surface area contributed by atoms with Crippen molar-refractivity contribution in [1.82, 2.24) is 0 Å². The fourth-order valence-corrected chi connectivity index (χ4v) is 1.32. The van der Waals surface area contributed by atoms with Crippen LogP contribution in [0.2, 0.25) is 0 Å². The van der Waals surface area contributed by atoms with E-state index in [4.69, 9.17) is 17.3 Å². The molecule has 0 radical (unpaired) electrons. The van der Waals surface area contributed by atoms with E-state index in [0.29, 0.717) is 25.7 Å². The number of terminal acetylenes is 1. The second-order valence-electron chi connectivity index (χ2n) is 3.79. The van der Waals surface area contributed by atoms with Gasteiger partial charge in [0, 0.05) is 19.3 Å². The van der Waals surface area contributed by atoms with E-state index in [-0.39, 0.29) is 5.78 Å². The lowest BCUT2D eigenvalue weighted by Crippen LogP contribution is -2.29. The molecule has 1 atom stereocenters. The van der Waals surface area contributed by atoms with E-state index < -0.39 is 12.0 Å². The summed E-state index contributed by atoms with van der Waals surface area (Å²) in [5.74, 6) is 1.64. The Balaban J connectivity index is 3.37. The fraction of sp³-hybridized carbons (Fsp3) is 0.667. The van der Waals surface area contributed by atoms with Crippen LogP contribution in [-0.2, 0) is 9.59 Å². The van der Waals surface area contributed by atoms with E-state index in [9.17, 15) is 9.59 Å². The van der Waals surface area contributed by atoms with Crippen LogP contribution in [0.25, 0.3) is 0 Å². The summed E-state index contributed by atoms with van der Waals surface area (Å²) in [6, 6.07) is -0.780. The van der Waals surface area contributed by atoms with Gasteiger partial charge >= 0.3 is 5.97 Å². The topological polar surface area (TPSA) is 80.4 Å². The highest BCUT2D eigenvalue weighted by molar-refractivity contribution is 5.78. The van der Waals surface area contributed by atoms with Gasteiger partial charge in [0.2, 0.25) is 0 Å². The fourth-order valence-electron chi connectivity index (χ4n) is 1.32. The molecule has 4 heteroatoms. The van der Waals surface area contributed by atoms with Gasteiger partial charge in [-0.25, -0.2) is 0 Å². The van der Waals surface area contributed by atoms with Gasteiger partial charge in [-0.2, -0.15) is 0 Å². The molecule has 4 nitrogen and oxygen atoms in total. The van der Waals surface area contributed by atoms with Crippen LogP contribution in [0.4, 0.5) is 0 Å². The van der Waals surface area contributed by atoms with Crippen molar-refractivity contribution in [1.29, 1.82) is 0 Å². The van der Waals surface area contributed by atoms with Crippen LogP contribution in [0.5, 0.6) is 0 Å². The Morgan fingerprint density at radius 3 is 2.50 bits per heavy atom. The van der Waals surface area contributed by atoms with Crippen molar-refractivity contribution >= 4 is 11.8 Å². The average molecular weight is 225 g/mol. The van der Waals surface area contributed by atoms with Crippen LogP contribution in [0.15, 0.2) is 0 Å². The molecule has 3 N–H and O–H groups in total. The lowest BCUT2D eigenvalue weighted by molar-refractivity contribution is -0.138. The highest BCUT2D eigenvalue weighted by Crippen LogP contribution is 2.07. The number of Topliss-reactive ketones (excluding diaryl/α,β-unsaturated/α-hetero) is 1. The van der Waals surface area contributed by atoms with Gasteiger partial charge in [-0.1, -0.05) is 12.8 Å². The lowest BCUT2D eigenvalue weighted by atomic mass is 10.0. The summed E-state index contributed by atoms with van der Waals surface area (Å²) in [6.45, 7) is 0. The number of carbonyl (C=O) groups is 2. The van der Waals surface area contributed by atoms with Crippen LogP contribution in [0.3, 0.4) is 0 Å². The van der Waals surface area contributed by atoms with Gasteiger partial charge in [-0.15, -0.1) is 12.3 Å². The Morgan fingerprint density at radius 1 is 1.25 bits per heavy atom. The van der Waals surface area contributed by atoms with Crippen molar-refractivity contribution in [2.24, 2.45) is 5.73 Å². The molecule has 0 spiro atoms. The Labute approximate surface area is 96.2 Å². The van der Waals surface area contributed by atoms with E-state index in [1.54, 1.807) is 0 Å². The summed E-state index contributed by atoms with van der Waals surface area (Å²) in [5.41, 5.74) is 5.34. The minimum atomic E-state index is -0.968. The molecule has 0 saturated carbocycles. The maximum Gasteiger partial charge on any atom is 0.320 e. The number of aliphatic carboxylic acids is 1. The molecule has 0 heterocycles. The van der Waals surface area contributed by atoms with Crippen LogP contribution in [0.1, 0.15) is 44.9 Å². The molecular formula is C12H19NO3. The molecule has 0 rings (SSSR count). The zero-order chi connectivity index (χ0) is 12.4. The summed E-state index contributed by atoms with van der Waals surface area (Å²) in [5, 5.41) is 8.53. The summed E-state index contributed by atoms with van der Waals surface area (Å²) < 4.78 is 0. The number of carbonyl (C=O) groups excluding carboxylic acids is 1. The number of rotatable bonds is 9. The van der Waals surface area contributed by atoms with E-state index in [0.717, 1.165) is 19.3 Å². The molecule has 0 unspecified atom stereocenters. The largest absolute Gasteiger partial charge is 0.480 e. The number of carboxylic acid groups (broad SMARTS) is 1. The highest BCUT2D eigenvalue weighted by Gasteiger charge is 2.10. The number of ketones is 1. The first kappa shape index (κ1) is 14.7. The van der Waals surface area contributed by atoms with Crippen molar-refractivity contribution in [3.05, 3.63) is 0 Å². The van der Waals surface area contributed by atoms with Gasteiger partial charge in [-0.05, 0) is 12.8 Å². The van der Waals surface area contributed by atoms with E-state index in [1.807, 2.05) is 0 Å². The maximum atomic E-state index is 11.2. The number of hydrogen-bond acceptors (Lipinski definition) is 3. The van der Waals surface area contributed by atoms with Crippen molar-refractivity contribution in [2.75, 3.05) is 0 Å². The monoisotopic (exact) mass is 225 g/mol. The van der Waals surface area contributed by atoms with Gasteiger partial charge in [0.1, 0.15) is 11.8 Å². The molecule has 90 valence electrons. The van der Waals surface area contributed by atoms with Gasteiger partial charge in [0.05, 0.1) is 0 Å². The first-order chi connectivity index (χ1) is 7.57. The van der Waals surface area contributed by atoms with Crippen molar-refractivity contribution in [2.45, 2.75) is 51.0 Å². The van der Waals surface area contributed by atoms with Crippen molar-refractivity contribution in [3.63, 3.8) is 0 Å². The Hall–Kier alpha value is -1.34. The third kappa shape index (κ3) is 8.01. The maximum absolute atomic E-state index is 11.2. The summed E-state index contributed by atoms with van der Waals surface area (Å²) >= 11 is 0. The first-order valence-corrected chi connectivity index (χ1v) is 5.51. The Kier molecular flexibility index (Phi) is 8.18. The third-order valence-electron chi connectivity index (χ3n) is 2.34. The minimum Gasteiger partial charge on any atom is -0.480 e. The van der Waals surface area contributed by atoms with Gasteiger partial charge in [0.15, 0.2) is 0 Å². The molecule has 0 aromatic rings. The second-order valence-corrected chi connectivity index (χ2v) is 3.79. The van der Waals surface area contributed by atoms with Crippen LogP contribution in [0, 0.1) is 12.3 Å². The molecule has 0 aromatic carbocycles. The van der Waals surface area contributed by atoms with E-state index >= 15 is 0 Å². The Morgan fingerprint density at radius 2 is 1.94 bits per heavy atom. The zero-order valence-electron chi connectivity index (χ0n) is 9.45. The number of nitrogens with two attached hydrogens (primary N) is 1. The molecule has 16 heavy (non-hydrogen) atoms. The van der Waals surface area contributed by atoms with E-state index in [2.05, 4.69) is 5.92 Å². The number of carboxylic acids is 1. The van der Waals surface area contributed by atoms with Gasteiger partial charge in [0.25, 0.3) is 0 Å². The SMILES string of the molecule is C#CCCC(=O)CCCCC[C@H](N)C(=O)O. The second kappa shape index (κ2) is 8.93. The standard InChI is InChI=1S/C12H19NO3/c1-2-3-7-10(14)8-5-4-6-9-11(13)12(15)16/h1,11H,3-9,13H2,(H,15,16)/t11-/m0/s1. The number of hydrogen-bond donors (Lipinski definition) is 2. The third-order valence-corrected chi connectivity index (χ3v) is 2.34. The predicted octanol–water partition coefficient (Wildman–Crippen LogP) is 1.33. The van der Waals surface area contributed by atoms with Crippen molar-refractivity contribution < 1.29 is 14.7 Å². The Bertz CT molecular complexity index is 268. The molecule has 0 saturated heterocycles. The average Bonchev–Trinajstić information content (AvgIpc) is 2.25. The van der Waals surface area contributed by atoms with Gasteiger partial charge < -0.3 is 10.8 Å². The molecule has 0 aliphatic carbocycles. The highest BCUT2D eigenvalue weighted by atomic mass is 16.4. The quantitative estimate of drug-likeness (QED) is 0.458. The normalized spacial score (nSPS) is 11.8. The molecule has 0 fully saturated rings. The zero-order valence-corrected chi connectivity index (χ0v) is 9.45. The number of unbranched alkanes of at least 4 members (excludes halogenated alkanes) is 2. The molecular weight excluding hydrogens is 206 g/mol. The predicted molar refractivity (Wildman–Crippen MR) is 61.8 cm³/mol. The summed E-state index contributed by atoms with van der Waals surface area (Å²) in [6.07, 6.45) is 9.36. The molecule has 0 aliphatic heterocycles. The molecule has 0 amide bonds. The minimum absolute atomic E-state index is 0.181. The van der Waals surface area contributed by atoms with Crippen LogP contribution in [-0.4, -0.2) is 22.9 Å². The smallest absolute Gasteiger partial charge is 0.320 e. The van der Waals surface area contributed by atoms with Gasteiger partial charge in [-0.3, -0.25) is 9.59 Å². The van der Waals surface area contributed by atoms with E-state index in [1.165, 1.54) is 0 Å². The molecule has 0 bridgehead atoms.